The number of carbonyl (C=O) groups is 1. The smallest absolute Gasteiger partial charge is 0.221 e. The highest BCUT2D eigenvalue weighted by atomic mass is 16.5. The summed E-state index contributed by atoms with van der Waals surface area (Å²) in [5.41, 5.74) is 0.957. The van der Waals surface area contributed by atoms with Gasteiger partial charge in [0.2, 0.25) is 5.91 Å². The van der Waals surface area contributed by atoms with Gasteiger partial charge < -0.3 is 10.1 Å². The number of carbonyl (C=O) groups excluding carboxylic acids is 1. The van der Waals surface area contributed by atoms with E-state index in [1.165, 1.54) is 0 Å². The quantitative estimate of drug-likeness (QED) is 0.895. The second-order valence-corrected chi connectivity index (χ2v) is 6.27. The number of nitrogens with one attached hydrogen (secondary N) is 1. The monoisotopic (exact) mass is 275 g/mol. The fourth-order valence-corrected chi connectivity index (χ4v) is 3.15. The number of ether oxygens (including phenoxy) is 1. The highest BCUT2D eigenvalue weighted by molar-refractivity contribution is 5.81. The molecule has 1 N–H and O–H groups in total. The molecule has 0 aliphatic carbocycles. The molecular weight excluding hydrogens is 250 g/mol. The molecule has 2 rings (SSSR count). The molecule has 1 aliphatic heterocycles. The van der Waals surface area contributed by atoms with Crippen molar-refractivity contribution in [1.29, 1.82) is 0 Å². The molecule has 0 aromatic heterocycles. The Balaban J connectivity index is 2.39. The molecule has 110 valence electrons. The lowest BCUT2D eigenvalue weighted by Gasteiger charge is -2.33. The maximum Gasteiger partial charge on any atom is 0.221 e. The van der Waals surface area contributed by atoms with E-state index in [1.54, 1.807) is 0 Å². The zero-order valence-electron chi connectivity index (χ0n) is 12.9. The third kappa shape index (κ3) is 2.82. The average Bonchev–Trinajstić information content (AvgIpc) is 2.65. The van der Waals surface area contributed by atoms with Crippen LogP contribution >= 0.6 is 0 Å². The van der Waals surface area contributed by atoms with Gasteiger partial charge in [0, 0.05) is 23.4 Å². The van der Waals surface area contributed by atoms with Gasteiger partial charge in [-0.2, -0.15) is 0 Å². The maximum atomic E-state index is 11.9. The van der Waals surface area contributed by atoms with Crippen molar-refractivity contribution in [2.75, 3.05) is 6.61 Å². The first-order valence-corrected chi connectivity index (χ1v) is 7.49. The molecule has 1 heterocycles. The maximum absolute atomic E-state index is 11.9. The molecule has 2 unspecified atom stereocenters. The average molecular weight is 275 g/mol. The molecule has 1 aromatic carbocycles. The van der Waals surface area contributed by atoms with Crippen molar-refractivity contribution in [3.63, 3.8) is 0 Å². The minimum atomic E-state index is -0.187. The Morgan fingerprint density at radius 2 is 2.10 bits per heavy atom. The molecule has 3 heteroatoms. The van der Waals surface area contributed by atoms with Crippen molar-refractivity contribution < 1.29 is 9.53 Å². The van der Waals surface area contributed by atoms with Crippen LogP contribution in [0.4, 0.5) is 0 Å². The first kappa shape index (κ1) is 14.9. The molecule has 1 saturated heterocycles. The van der Waals surface area contributed by atoms with E-state index in [2.05, 4.69) is 32.2 Å². The van der Waals surface area contributed by atoms with Crippen molar-refractivity contribution in [3.8, 4) is 5.75 Å². The Hall–Kier alpha value is -1.51. The number of hydrogen-bond acceptors (Lipinski definition) is 2. The first-order chi connectivity index (χ1) is 9.47. The van der Waals surface area contributed by atoms with E-state index >= 15 is 0 Å². The van der Waals surface area contributed by atoms with Crippen molar-refractivity contribution in [3.05, 3.63) is 29.8 Å². The van der Waals surface area contributed by atoms with Crippen molar-refractivity contribution >= 4 is 5.91 Å². The largest absolute Gasteiger partial charge is 0.494 e. The van der Waals surface area contributed by atoms with E-state index in [0.29, 0.717) is 18.9 Å². The summed E-state index contributed by atoms with van der Waals surface area (Å²) < 4.78 is 5.76. The van der Waals surface area contributed by atoms with Crippen LogP contribution in [0.25, 0.3) is 0 Å². The lowest BCUT2D eigenvalue weighted by atomic mass is 9.73. The molecule has 1 aliphatic rings. The Morgan fingerprint density at radius 1 is 1.40 bits per heavy atom. The molecule has 0 saturated carbocycles. The van der Waals surface area contributed by atoms with Crippen LogP contribution < -0.4 is 10.1 Å². The van der Waals surface area contributed by atoms with Gasteiger partial charge in [-0.25, -0.2) is 0 Å². The Morgan fingerprint density at radius 3 is 2.75 bits per heavy atom. The predicted molar refractivity (Wildman–Crippen MR) is 81.0 cm³/mol. The van der Waals surface area contributed by atoms with Crippen molar-refractivity contribution in [1.82, 2.24) is 5.32 Å². The van der Waals surface area contributed by atoms with Gasteiger partial charge in [0.25, 0.3) is 0 Å². The zero-order valence-corrected chi connectivity index (χ0v) is 12.9. The highest BCUT2D eigenvalue weighted by Crippen LogP contribution is 2.42. The van der Waals surface area contributed by atoms with Gasteiger partial charge in [0.1, 0.15) is 5.75 Å². The van der Waals surface area contributed by atoms with Gasteiger partial charge in [-0.3, -0.25) is 4.79 Å². The second kappa shape index (κ2) is 5.86. The fourth-order valence-electron chi connectivity index (χ4n) is 3.15. The number of para-hydroxylation sites is 1. The summed E-state index contributed by atoms with van der Waals surface area (Å²) in [6, 6.07) is 8.28. The van der Waals surface area contributed by atoms with Gasteiger partial charge in [-0.1, -0.05) is 39.0 Å². The van der Waals surface area contributed by atoms with E-state index in [1.807, 2.05) is 25.1 Å². The Kier molecular flexibility index (Phi) is 4.36. The van der Waals surface area contributed by atoms with E-state index in [4.69, 9.17) is 4.74 Å². The summed E-state index contributed by atoms with van der Waals surface area (Å²) in [5, 5.41) is 3.15. The van der Waals surface area contributed by atoms with Gasteiger partial charge in [-0.15, -0.1) is 0 Å². The zero-order chi connectivity index (χ0) is 14.8. The lowest BCUT2D eigenvalue weighted by Crippen LogP contribution is -2.39. The third-order valence-electron chi connectivity index (χ3n) is 4.14. The number of rotatable bonds is 5. The third-order valence-corrected chi connectivity index (χ3v) is 4.14. The summed E-state index contributed by atoms with van der Waals surface area (Å²) in [6.45, 7) is 9.20. The summed E-state index contributed by atoms with van der Waals surface area (Å²) in [4.78, 5) is 11.9. The van der Waals surface area contributed by atoms with Crippen LogP contribution in [0.1, 0.15) is 46.1 Å². The van der Waals surface area contributed by atoms with Gasteiger partial charge in [0.15, 0.2) is 0 Å². The summed E-state index contributed by atoms with van der Waals surface area (Å²) in [7, 11) is 0. The molecule has 20 heavy (non-hydrogen) atoms. The van der Waals surface area contributed by atoms with Gasteiger partial charge in [0.05, 0.1) is 6.61 Å². The minimum absolute atomic E-state index is 0.143. The summed E-state index contributed by atoms with van der Waals surface area (Å²) in [5.74, 6) is 1.60. The summed E-state index contributed by atoms with van der Waals surface area (Å²) in [6.07, 6.45) is 1.52. The molecule has 0 bridgehead atoms. The van der Waals surface area contributed by atoms with E-state index in [9.17, 15) is 4.79 Å². The van der Waals surface area contributed by atoms with Crippen LogP contribution in [0.2, 0.25) is 0 Å². The van der Waals surface area contributed by atoms with Crippen LogP contribution in [-0.2, 0) is 10.2 Å². The molecular formula is C17H25NO2. The molecule has 1 fully saturated rings. The van der Waals surface area contributed by atoms with E-state index in [0.717, 1.165) is 17.7 Å². The molecule has 1 aromatic rings. The number of benzene rings is 1. The van der Waals surface area contributed by atoms with Crippen molar-refractivity contribution in [2.24, 2.45) is 5.92 Å². The predicted octanol–water partition coefficient (Wildman–Crippen LogP) is 3.28. The Labute approximate surface area is 121 Å². The first-order valence-electron chi connectivity index (χ1n) is 7.49. The van der Waals surface area contributed by atoms with Crippen LogP contribution in [0.15, 0.2) is 24.3 Å². The lowest BCUT2D eigenvalue weighted by molar-refractivity contribution is -0.119. The van der Waals surface area contributed by atoms with E-state index < -0.39 is 0 Å². The topological polar surface area (TPSA) is 38.3 Å². The van der Waals surface area contributed by atoms with Crippen LogP contribution in [0.3, 0.4) is 0 Å². The molecule has 1 amide bonds. The van der Waals surface area contributed by atoms with Gasteiger partial charge >= 0.3 is 0 Å². The van der Waals surface area contributed by atoms with Crippen molar-refractivity contribution in [2.45, 2.75) is 52.0 Å². The van der Waals surface area contributed by atoms with Crippen LogP contribution in [-0.4, -0.2) is 18.6 Å². The molecule has 3 nitrogen and oxygen atoms in total. The van der Waals surface area contributed by atoms with Gasteiger partial charge in [-0.05, 0) is 25.3 Å². The van der Waals surface area contributed by atoms with Crippen LogP contribution in [0, 0.1) is 5.92 Å². The highest BCUT2D eigenvalue weighted by Gasteiger charge is 2.45. The normalized spacial score (nSPS) is 25.9. The van der Waals surface area contributed by atoms with E-state index in [-0.39, 0.29) is 17.4 Å². The number of hydrogen-bond donors (Lipinski definition) is 1. The summed E-state index contributed by atoms with van der Waals surface area (Å²) >= 11 is 0. The van der Waals surface area contributed by atoms with Crippen LogP contribution in [0.5, 0.6) is 5.75 Å². The second-order valence-electron chi connectivity index (χ2n) is 6.27. The Bertz CT molecular complexity index is 484. The molecule has 0 radical (unpaired) electrons. The molecule has 0 spiro atoms. The number of amides is 1. The standard InChI is InChI=1S/C17H25NO2/c1-5-20-14-9-7-6-8-13(14)17(4)11-16(19)18-15(17)10-12(2)3/h6-9,12,15H,5,10-11H2,1-4H3,(H,18,19). The fraction of sp³-hybridized carbons (Fsp3) is 0.588. The molecule has 2 atom stereocenters. The minimum Gasteiger partial charge on any atom is -0.494 e. The SMILES string of the molecule is CCOc1ccccc1C1(C)CC(=O)NC1CC(C)C.